The van der Waals surface area contributed by atoms with E-state index in [1.165, 1.54) is 10.5 Å². The molecule has 1 saturated heterocycles. The van der Waals surface area contributed by atoms with Gasteiger partial charge in [0.25, 0.3) is 0 Å². The predicted molar refractivity (Wildman–Crippen MR) is 98.5 cm³/mol. The van der Waals surface area contributed by atoms with Crippen LogP contribution < -0.4 is 4.90 Å². The van der Waals surface area contributed by atoms with Gasteiger partial charge in [-0.1, -0.05) is 28.1 Å². The number of pyridine rings is 1. The van der Waals surface area contributed by atoms with Gasteiger partial charge in [0.05, 0.1) is 0 Å². The van der Waals surface area contributed by atoms with Crippen molar-refractivity contribution in [3.63, 3.8) is 0 Å². The van der Waals surface area contributed by atoms with E-state index in [9.17, 15) is 8.42 Å². The van der Waals surface area contributed by atoms with Crippen molar-refractivity contribution in [1.82, 2.24) is 9.29 Å². The SMILES string of the molecule is CN(Cc1ccc(Br)cc1)c1ccc(S(=O)(=O)N2CCCC2)cn1. The van der Waals surface area contributed by atoms with E-state index in [1.54, 1.807) is 12.1 Å². The van der Waals surface area contributed by atoms with Crippen LogP contribution in [0.1, 0.15) is 18.4 Å². The molecule has 0 aliphatic carbocycles. The number of benzene rings is 1. The van der Waals surface area contributed by atoms with Gasteiger partial charge in [0.2, 0.25) is 10.0 Å². The summed E-state index contributed by atoms with van der Waals surface area (Å²) in [6.45, 7) is 1.92. The molecule has 0 N–H and O–H groups in total. The average Bonchev–Trinajstić information content (AvgIpc) is 3.12. The van der Waals surface area contributed by atoms with Gasteiger partial charge >= 0.3 is 0 Å². The third kappa shape index (κ3) is 3.79. The third-order valence-electron chi connectivity index (χ3n) is 4.15. The van der Waals surface area contributed by atoms with Crippen molar-refractivity contribution in [1.29, 1.82) is 0 Å². The standard InChI is InChI=1S/C17H20BrN3O2S/c1-20(13-14-4-6-15(18)7-5-14)17-9-8-16(12-19-17)24(22,23)21-10-2-3-11-21/h4-9,12H,2-3,10-11,13H2,1H3. The monoisotopic (exact) mass is 409 g/mol. The van der Waals surface area contributed by atoms with E-state index in [0.717, 1.165) is 28.7 Å². The van der Waals surface area contributed by atoms with Crippen molar-refractivity contribution in [3.8, 4) is 0 Å². The molecule has 1 aromatic heterocycles. The summed E-state index contributed by atoms with van der Waals surface area (Å²) in [5.74, 6) is 0.748. The topological polar surface area (TPSA) is 53.5 Å². The molecule has 1 aliphatic heterocycles. The smallest absolute Gasteiger partial charge is 0.244 e. The Bertz CT molecular complexity index is 786. The maximum Gasteiger partial charge on any atom is 0.244 e. The summed E-state index contributed by atoms with van der Waals surface area (Å²) in [6.07, 6.45) is 3.32. The van der Waals surface area contributed by atoms with Gasteiger partial charge in [0, 0.05) is 37.4 Å². The highest BCUT2D eigenvalue weighted by Crippen LogP contribution is 2.22. The lowest BCUT2D eigenvalue weighted by atomic mass is 10.2. The van der Waals surface area contributed by atoms with Gasteiger partial charge in [0.15, 0.2) is 0 Å². The lowest BCUT2D eigenvalue weighted by Gasteiger charge is -2.19. The Labute approximate surface area is 151 Å². The molecule has 1 aromatic carbocycles. The average molecular weight is 410 g/mol. The minimum absolute atomic E-state index is 0.269. The van der Waals surface area contributed by atoms with Crippen LogP contribution in [-0.2, 0) is 16.6 Å². The Balaban J connectivity index is 1.72. The van der Waals surface area contributed by atoms with Crippen LogP contribution in [0.4, 0.5) is 5.82 Å². The van der Waals surface area contributed by atoms with Gasteiger partial charge in [-0.15, -0.1) is 0 Å². The van der Waals surface area contributed by atoms with Crippen molar-refractivity contribution < 1.29 is 8.42 Å². The van der Waals surface area contributed by atoms with Crippen LogP contribution in [0.15, 0.2) is 52.0 Å². The van der Waals surface area contributed by atoms with Crippen molar-refractivity contribution in [3.05, 3.63) is 52.6 Å². The van der Waals surface area contributed by atoms with Crippen molar-refractivity contribution >= 4 is 31.8 Å². The summed E-state index contributed by atoms with van der Waals surface area (Å²) >= 11 is 3.42. The molecule has 0 saturated carbocycles. The lowest BCUT2D eigenvalue weighted by molar-refractivity contribution is 0.477. The number of hydrogen-bond acceptors (Lipinski definition) is 4. The second-order valence-corrected chi connectivity index (χ2v) is 8.80. The van der Waals surface area contributed by atoms with Crippen LogP contribution in [0.2, 0.25) is 0 Å². The molecule has 1 aliphatic rings. The first-order chi connectivity index (χ1) is 11.5. The van der Waals surface area contributed by atoms with Gasteiger partial charge in [-0.3, -0.25) is 0 Å². The number of hydrogen-bond donors (Lipinski definition) is 0. The minimum atomic E-state index is -3.40. The molecule has 2 aromatic rings. The highest BCUT2D eigenvalue weighted by molar-refractivity contribution is 9.10. The maximum atomic E-state index is 12.5. The van der Waals surface area contributed by atoms with E-state index in [-0.39, 0.29) is 4.90 Å². The third-order valence-corrected chi connectivity index (χ3v) is 6.56. The van der Waals surface area contributed by atoms with Crippen LogP contribution in [0, 0.1) is 0 Å². The molecule has 0 unspecified atom stereocenters. The molecule has 128 valence electrons. The highest BCUT2D eigenvalue weighted by Gasteiger charge is 2.27. The van der Waals surface area contributed by atoms with Crippen molar-refractivity contribution in [2.24, 2.45) is 0 Å². The summed E-state index contributed by atoms with van der Waals surface area (Å²) in [4.78, 5) is 6.61. The van der Waals surface area contributed by atoms with Crippen LogP contribution >= 0.6 is 15.9 Å². The molecule has 24 heavy (non-hydrogen) atoms. The molecule has 3 rings (SSSR count). The van der Waals surface area contributed by atoms with Crippen LogP contribution in [0.25, 0.3) is 0 Å². The molecule has 0 bridgehead atoms. The second kappa shape index (κ2) is 7.21. The normalized spacial score (nSPS) is 15.6. The summed E-state index contributed by atoms with van der Waals surface area (Å²) < 4.78 is 27.6. The molecule has 0 atom stereocenters. The van der Waals surface area contributed by atoms with E-state index in [2.05, 4.69) is 20.9 Å². The van der Waals surface area contributed by atoms with E-state index < -0.39 is 10.0 Å². The van der Waals surface area contributed by atoms with E-state index in [0.29, 0.717) is 19.6 Å². The van der Waals surface area contributed by atoms with Crippen LogP contribution in [-0.4, -0.2) is 37.8 Å². The molecular weight excluding hydrogens is 390 g/mol. The molecule has 0 spiro atoms. The molecule has 2 heterocycles. The molecule has 7 heteroatoms. The van der Waals surface area contributed by atoms with E-state index >= 15 is 0 Å². The summed E-state index contributed by atoms with van der Waals surface area (Å²) in [5.41, 5.74) is 1.16. The zero-order valence-corrected chi connectivity index (χ0v) is 15.9. The fraction of sp³-hybridized carbons (Fsp3) is 0.353. The molecule has 0 amide bonds. The van der Waals surface area contributed by atoms with Crippen molar-refractivity contribution in [2.75, 3.05) is 25.0 Å². The number of anilines is 1. The summed E-state index contributed by atoms with van der Waals surface area (Å²) in [5, 5.41) is 0. The molecular formula is C17H20BrN3O2S. The largest absolute Gasteiger partial charge is 0.355 e. The Hall–Kier alpha value is -1.44. The second-order valence-electron chi connectivity index (χ2n) is 5.95. The zero-order chi connectivity index (χ0) is 17.2. The number of nitrogens with zero attached hydrogens (tertiary/aromatic N) is 3. The van der Waals surface area contributed by atoms with Crippen LogP contribution in [0.3, 0.4) is 0 Å². The van der Waals surface area contributed by atoms with E-state index in [1.807, 2.05) is 36.2 Å². The van der Waals surface area contributed by atoms with Gasteiger partial charge in [0.1, 0.15) is 10.7 Å². The zero-order valence-electron chi connectivity index (χ0n) is 13.5. The van der Waals surface area contributed by atoms with Gasteiger partial charge in [-0.05, 0) is 42.7 Å². The quantitative estimate of drug-likeness (QED) is 0.760. The van der Waals surface area contributed by atoms with E-state index in [4.69, 9.17) is 0 Å². The Morgan fingerprint density at radius 1 is 1.12 bits per heavy atom. The number of aromatic nitrogens is 1. The Morgan fingerprint density at radius 3 is 2.38 bits per heavy atom. The lowest BCUT2D eigenvalue weighted by Crippen LogP contribution is -2.28. The number of sulfonamides is 1. The number of rotatable bonds is 5. The Kier molecular flexibility index (Phi) is 5.22. The fourth-order valence-electron chi connectivity index (χ4n) is 2.77. The predicted octanol–water partition coefficient (Wildman–Crippen LogP) is 3.27. The summed E-state index contributed by atoms with van der Waals surface area (Å²) in [6, 6.07) is 11.5. The fourth-order valence-corrected chi connectivity index (χ4v) is 4.50. The summed E-state index contributed by atoms with van der Waals surface area (Å²) in [7, 11) is -1.45. The molecule has 5 nitrogen and oxygen atoms in total. The van der Waals surface area contributed by atoms with Crippen LogP contribution in [0.5, 0.6) is 0 Å². The Morgan fingerprint density at radius 2 is 1.79 bits per heavy atom. The van der Waals surface area contributed by atoms with Crippen molar-refractivity contribution in [2.45, 2.75) is 24.3 Å². The first kappa shape index (κ1) is 17.4. The van der Waals surface area contributed by atoms with Gasteiger partial charge in [-0.25, -0.2) is 13.4 Å². The van der Waals surface area contributed by atoms with Gasteiger partial charge in [-0.2, -0.15) is 4.31 Å². The van der Waals surface area contributed by atoms with Gasteiger partial charge < -0.3 is 4.90 Å². The first-order valence-corrected chi connectivity index (χ1v) is 10.1. The molecule has 0 radical (unpaired) electrons. The number of halogens is 1. The molecule has 1 fully saturated rings. The minimum Gasteiger partial charge on any atom is -0.355 e. The highest BCUT2D eigenvalue weighted by atomic mass is 79.9. The maximum absolute atomic E-state index is 12.5. The first-order valence-electron chi connectivity index (χ1n) is 7.88.